The predicted octanol–water partition coefficient (Wildman–Crippen LogP) is 2.89. The van der Waals surface area contributed by atoms with Crippen molar-refractivity contribution in [3.63, 3.8) is 0 Å². The monoisotopic (exact) mass is 332 g/mol. The van der Waals surface area contributed by atoms with Gasteiger partial charge in [-0.2, -0.15) is 0 Å². The number of nitrogens with zero attached hydrogens (tertiary/aromatic N) is 1. The van der Waals surface area contributed by atoms with E-state index in [1.54, 1.807) is 31.4 Å². The predicted molar refractivity (Wildman–Crippen MR) is 87.5 cm³/mol. The quantitative estimate of drug-likeness (QED) is 0.840. The van der Waals surface area contributed by atoms with E-state index in [2.05, 4.69) is 10.5 Å². The lowest BCUT2D eigenvalue weighted by Gasteiger charge is -2.22. The van der Waals surface area contributed by atoms with Gasteiger partial charge in [0.2, 0.25) is 0 Å². The lowest BCUT2D eigenvalue weighted by Crippen LogP contribution is -2.24. The Morgan fingerprint density at radius 2 is 2.21 bits per heavy atom. The fourth-order valence-corrected chi connectivity index (χ4v) is 2.76. The summed E-state index contributed by atoms with van der Waals surface area (Å²) in [4.78, 5) is 11.7. The Labute approximate surface area is 139 Å². The molecule has 1 aromatic carbocycles. The van der Waals surface area contributed by atoms with Crippen molar-refractivity contribution in [3.05, 3.63) is 29.8 Å². The molecule has 1 aliphatic rings. The molecule has 0 bridgehead atoms. The SMILES string of the molecule is COc1ccc(-c2onc(NCC3CCCOC3)c2C(=O)O)cc1. The van der Waals surface area contributed by atoms with Crippen LogP contribution in [0.4, 0.5) is 5.82 Å². The molecule has 0 aliphatic carbocycles. The molecule has 2 heterocycles. The van der Waals surface area contributed by atoms with Crippen LogP contribution in [0.15, 0.2) is 28.8 Å². The summed E-state index contributed by atoms with van der Waals surface area (Å²) in [6.45, 7) is 2.08. The average molecular weight is 332 g/mol. The molecule has 0 radical (unpaired) electrons. The van der Waals surface area contributed by atoms with Gasteiger partial charge in [0.25, 0.3) is 0 Å². The molecule has 24 heavy (non-hydrogen) atoms. The largest absolute Gasteiger partial charge is 0.497 e. The maximum atomic E-state index is 11.7. The molecular formula is C17H20N2O5. The van der Waals surface area contributed by atoms with E-state index in [4.69, 9.17) is 14.0 Å². The van der Waals surface area contributed by atoms with Gasteiger partial charge in [0.1, 0.15) is 5.75 Å². The summed E-state index contributed by atoms with van der Waals surface area (Å²) in [6, 6.07) is 6.97. The van der Waals surface area contributed by atoms with Gasteiger partial charge in [-0.1, -0.05) is 5.16 Å². The minimum absolute atomic E-state index is 0.0388. The maximum absolute atomic E-state index is 11.7. The summed E-state index contributed by atoms with van der Waals surface area (Å²) < 4.78 is 15.8. The van der Waals surface area contributed by atoms with E-state index < -0.39 is 5.97 Å². The van der Waals surface area contributed by atoms with Gasteiger partial charge in [-0.3, -0.25) is 0 Å². The normalized spacial score (nSPS) is 17.5. The van der Waals surface area contributed by atoms with Gasteiger partial charge in [-0.15, -0.1) is 0 Å². The molecule has 1 unspecified atom stereocenters. The number of aromatic carboxylic acids is 1. The van der Waals surface area contributed by atoms with E-state index in [9.17, 15) is 9.90 Å². The number of benzene rings is 1. The third-order valence-corrected chi connectivity index (χ3v) is 4.07. The van der Waals surface area contributed by atoms with E-state index in [-0.39, 0.29) is 17.1 Å². The average Bonchev–Trinajstić information content (AvgIpc) is 3.05. The first-order chi connectivity index (χ1) is 11.7. The summed E-state index contributed by atoms with van der Waals surface area (Å²) in [5.41, 5.74) is 0.673. The van der Waals surface area contributed by atoms with Gasteiger partial charge in [-0.25, -0.2) is 4.79 Å². The first-order valence-electron chi connectivity index (χ1n) is 7.88. The molecule has 0 amide bonds. The van der Waals surface area contributed by atoms with E-state index in [0.29, 0.717) is 30.4 Å². The summed E-state index contributed by atoms with van der Waals surface area (Å²) in [5, 5.41) is 16.5. The number of carboxylic acid groups (broad SMARTS) is 1. The van der Waals surface area contributed by atoms with Crippen LogP contribution in [0.1, 0.15) is 23.2 Å². The molecule has 1 fully saturated rings. The van der Waals surface area contributed by atoms with Crippen molar-refractivity contribution in [1.29, 1.82) is 0 Å². The third kappa shape index (κ3) is 3.51. The second-order valence-corrected chi connectivity index (χ2v) is 5.73. The van der Waals surface area contributed by atoms with Crippen molar-refractivity contribution in [3.8, 4) is 17.1 Å². The molecule has 1 aromatic heterocycles. The Morgan fingerprint density at radius 1 is 1.42 bits per heavy atom. The Kier molecular flexibility index (Phi) is 5.00. The number of hydrogen-bond donors (Lipinski definition) is 2. The fourth-order valence-electron chi connectivity index (χ4n) is 2.76. The van der Waals surface area contributed by atoms with Crippen LogP contribution in [0.5, 0.6) is 5.75 Å². The van der Waals surface area contributed by atoms with Crippen LogP contribution in [0.2, 0.25) is 0 Å². The van der Waals surface area contributed by atoms with E-state index >= 15 is 0 Å². The van der Waals surface area contributed by atoms with E-state index in [1.165, 1.54) is 0 Å². The molecule has 2 aromatic rings. The van der Waals surface area contributed by atoms with Crippen molar-refractivity contribution >= 4 is 11.8 Å². The topological polar surface area (TPSA) is 93.8 Å². The van der Waals surface area contributed by atoms with E-state index in [0.717, 1.165) is 19.4 Å². The Hall–Kier alpha value is -2.54. The highest BCUT2D eigenvalue weighted by atomic mass is 16.5. The number of carbonyl (C=O) groups is 1. The fraction of sp³-hybridized carbons (Fsp3) is 0.412. The van der Waals surface area contributed by atoms with Crippen LogP contribution in [-0.4, -0.2) is 43.1 Å². The summed E-state index contributed by atoms with van der Waals surface area (Å²) in [7, 11) is 1.57. The minimum atomic E-state index is -1.08. The molecule has 7 heteroatoms. The summed E-state index contributed by atoms with van der Waals surface area (Å²) >= 11 is 0. The Morgan fingerprint density at radius 3 is 2.83 bits per heavy atom. The van der Waals surface area contributed by atoms with Gasteiger partial charge in [0, 0.05) is 18.7 Å². The van der Waals surface area contributed by atoms with E-state index in [1.807, 2.05) is 0 Å². The highest BCUT2D eigenvalue weighted by Gasteiger charge is 2.24. The van der Waals surface area contributed by atoms with Crippen molar-refractivity contribution in [2.45, 2.75) is 12.8 Å². The number of methoxy groups -OCH3 is 1. The van der Waals surface area contributed by atoms with Gasteiger partial charge >= 0.3 is 5.97 Å². The van der Waals surface area contributed by atoms with Gasteiger partial charge in [0.15, 0.2) is 17.1 Å². The number of aromatic nitrogens is 1. The van der Waals surface area contributed by atoms with Crippen molar-refractivity contribution < 1.29 is 23.9 Å². The smallest absolute Gasteiger partial charge is 0.343 e. The number of nitrogens with one attached hydrogen (secondary N) is 1. The summed E-state index contributed by atoms with van der Waals surface area (Å²) in [6.07, 6.45) is 2.08. The maximum Gasteiger partial charge on any atom is 0.343 e. The molecule has 1 aliphatic heterocycles. The lowest BCUT2D eigenvalue weighted by molar-refractivity contribution is 0.0594. The second kappa shape index (κ2) is 7.35. The Balaban J connectivity index is 1.80. The standard InChI is InChI=1S/C17H20N2O5/c1-22-13-6-4-12(5-7-13)15-14(17(20)21)16(19-24-15)18-9-11-3-2-8-23-10-11/h4-7,11H,2-3,8-10H2,1H3,(H,18,19)(H,20,21). The van der Waals surface area contributed by atoms with Crippen LogP contribution < -0.4 is 10.1 Å². The third-order valence-electron chi connectivity index (χ3n) is 4.07. The number of carboxylic acids is 1. The zero-order valence-corrected chi connectivity index (χ0v) is 13.4. The molecule has 3 rings (SSSR count). The number of ether oxygens (including phenoxy) is 2. The number of rotatable bonds is 6. The molecule has 2 N–H and O–H groups in total. The van der Waals surface area contributed by atoms with Crippen LogP contribution in [0.3, 0.4) is 0 Å². The summed E-state index contributed by atoms with van der Waals surface area (Å²) in [5.74, 6) is 0.434. The van der Waals surface area contributed by atoms with Crippen molar-refractivity contribution in [2.75, 3.05) is 32.2 Å². The lowest BCUT2D eigenvalue weighted by atomic mass is 10.0. The Bertz CT molecular complexity index is 690. The zero-order chi connectivity index (χ0) is 16.9. The molecular weight excluding hydrogens is 312 g/mol. The van der Waals surface area contributed by atoms with Crippen LogP contribution in [0, 0.1) is 5.92 Å². The first kappa shape index (κ1) is 16.3. The molecule has 7 nitrogen and oxygen atoms in total. The van der Waals surface area contributed by atoms with Crippen LogP contribution >= 0.6 is 0 Å². The van der Waals surface area contributed by atoms with Crippen LogP contribution in [-0.2, 0) is 4.74 Å². The second-order valence-electron chi connectivity index (χ2n) is 5.73. The van der Waals surface area contributed by atoms with Crippen molar-refractivity contribution in [2.24, 2.45) is 5.92 Å². The molecule has 0 saturated carbocycles. The highest BCUT2D eigenvalue weighted by Crippen LogP contribution is 2.30. The van der Waals surface area contributed by atoms with Gasteiger partial charge < -0.3 is 24.4 Å². The molecule has 1 atom stereocenters. The molecule has 0 spiro atoms. The van der Waals surface area contributed by atoms with Gasteiger partial charge in [0.05, 0.1) is 13.7 Å². The zero-order valence-electron chi connectivity index (χ0n) is 13.4. The molecule has 1 saturated heterocycles. The highest BCUT2D eigenvalue weighted by molar-refractivity contribution is 5.99. The minimum Gasteiger partial charge on any atom is -0.497 e. The number of anilines is 1. The van der Waals surface area contributed by atoms with Crippen LogP contribution in [0.25, 0.3) is 11.3 Å². The van der Waals surface area contributed by atoms with Gasteiger partial charge in [-0.05, 0) is 43.0 Å². The first-order valence-corrected chi connectivity index (χ1v) is 7.88. The molecule has 128 valence electrons. The number of hydrogen-bond acceptors (Lipinski definition) is 6. The van der Waals surface area contributed by atoms with Crippen molar-refractivity contribution in [1.82, 2.24) is 5.16 Å².